The van der Waals surface area contributed by atoms with Crippen LogP contribution in [-0.2, 0) is 9.59 Å². The Kier molecular flexibility index (Phi) is 6.28. The topological polar surface area (TPSA) is 71.1 Å². The van der Waals surface area contributed by atoms with Crippen molar-refractivity contribution in [1.29, 1.82) is 0 Å². The highest BCUT2D eigenvalue weighted by Crippen LogP contribution is 2.30. The molecule has 2 aliphatic heterocycles. The van der Waals surface area contributed by atoms with Crippen LogP contribution in [0.5, 0.6) is 11.5 Å². The number of piperazine rings is 1. The molecule has 2 amide bonds. The molecule has 158 valence electrons. The number of rotatable bonds is 5. The third kappa shape index (κ3) is 4.79. The lowest BCUT2D eigenvalue weighted by Gasteiger charge is -2.36. The fraction of sp³-hybridized carbons (Fsp3) is 0.364. The number of hydrogen-bond donors (Lipinski definition) is 1. The Labute approximate surface area is 180 Å². The molecule has 2 heterocycles. The second-order valence-electron chi connectivity index (χ2n) is 7.25. The highest BCUT2D eigenvalue weighted by atomic mass is 35.5. The summed E-state index contributed by atoms with van der Waals surface area (Å²) < 4.78 is 11.2. The molecule has 7 nitrogen and oxygen atoms in total. The third-order valence-electron chi connectivity index (χ3n) is 5.24. The number of carbonyl (C=O) groups is 2. The van der Waals surface area contributed by atoms with E-state index in [1.807, 2.05) is 41.3 Å². The van der Waals surface area contributed by atoms with Gasteiger partial charge in [0.15, 0.2) is 11.5 Å². The molecule has 0 aromatic heterocycles. The van der Waals surface area contributed by atoms with Crippen molar-refractivity contribution in [3.63, 3.8) is 0 Å². The number of halogens is 1. The largest absolute Gasteiger partial charge is 0.485 e. The quantitative estimate of drug-likeness (QED) is 0.790. The number of amides is 2. The number of anilines is 1. The van der Waals surface area contributed by atoms with Crippen molar-refractivity contribution in [2.24, 2.45) is 0 Å². The van der Waals surface area contributed by atoms with Gasteiger partial charge < -0.3 is 24.6 Å². The molecule has 2 aromatic carbocycles. The lowest BCUT2D eigenvalue weighted by Crippen LogP contribution is -2.49. The maximum absolute atomic E-state index is 12.5. The summed E-state index contributed by atoms with van der Waals surface area (Å²) in [6.07, 6.45) is -0.455. The van der Waals surface area contributed by atoms with Crippen LogP contribution in [0.4, 0.5) is 5.69 Å². The first-order valence-corrected chi connectivity index (χ1v) is 10.4. The molecular weight excluding hydrogens is 406 g/mol. The molecule has 0 bridgehead atoms. The number of fused-ring (bicyclic) bond motifs is 1. The molecule has 8 heteroatoms. The summed E-state index contributed by atoms with van der Waals surface area (Å²) in [6, 6.07) is 15.0. The van der Waals surface area contributed by atoms with Gasteiger partial charge in [-0.3, -0.25) is 9.59 Å². The van der Waals surface area contributed by atoms with Gasteiger partial charge in [-0.05, 0) is 30.3 Å². The minimum atomic E-state index is -0.712. The van der Waals surface area contributed by atoms with Crippen molar-refractivity contribution in [1.82, 2.24) is 10.2 Å². The first kappa shape index (κ1) is 20.3. The Morgan fingerprint density at radius 2 is 1.80 bits per heavy atom. The molecule has 4 rings (SSSR count). The van der Waals surface area contributed by atoms with Crippen LogP contribution >= 0.6 is 11.6 Å². The average molecular weight is 430 g/mol. The van der Waals surface area contributed by atoms with Crippen LogP contribution in [0.2, 0.25) is 5.02 Å². The van der Waals surface area contributed by atoms with Crippen molar-refractivity contribution in [2.45, 2.75) is 12.5 Å². The van der Waals surface area contributed by atoms with Gasteiger partial charge in [-0.2, -0.15) is 0 Å². The summed E-state index contributed by atoms with van der Waals surface area (Å²) in [5.41, 5.74) is 1.07. The molecule has 0 saturated carbocycles. The highest BCUT2D eigenvalue weighted by molar-refractivity contribution is 6.30. The molecule has 30 heavy (non-hydrogen) atoms. The fourth-order valence-corrected chi connectivity index (χ4v) is 3.78. The molecule has 2 aromatic rings. The predicted molar refractivity (Wildman–Crippen MR) is 114 cm³/mol. The molecule has 1 N–H and O–H groups in total. The van der Waals surface area contributed by atoms with Gasteiger partial charge in [0.1, 0.15) is 6.61 Å². The van der Waals surface area contributed by atoms with Gasteiger partial charge in [-0.1, -0.05) is 29.8 Å². The van der Waals surface area contributed by atoms with E-state index >= 15 is 0 Å². The average Bonchev–Trinajstić information content (AvgIpc) is 2.78. The van der Waals surface area contributed by atoms with E-state index in [1.165, 1.54) is 0 Å². The molecule has 1 atom stereocenters. The Morgan fingerprint density at radius 1 is 1.03 bits per heavy atom. The molecule has 0 aliphatic carbocycles. The van der Waals surface area contributed by atoms with Crippen molar-refractivity contribution >= 4 is 29.1 Å². The van der Waals surface area contributed by atoms with Crippen LogP contribution in [0.1, 0.15) is 6.42 Å². The zero-order chi connectivity index (χ0) is 20.9. The summed E-state index contributed by atoms with van der Waals surface area (Å²) in [5.74, 6) is 0.946. The maximum Gasteiger partial charge on any atom is 0.264 e. The van der Waals surface area contributed by atoms with Gasteiger partial charge in [0.2, 0.25) is 12.0 Å². The van der Waals surface area contributed by atoms with Crippen LogP contribution in [0, 0.1) is 0 Å². The lowest BCUT2D eigenvalue weighted by atomic mass is 10.2. The summed E-state index contributed by atoms with van der Waals surface area (Å²) >= 11 is 6.06. The van der Waals surface area contributed by atoms with Crippen LogP contribution in [0.25, 0.3) is 0 Å². The number of hydrogen-bond acceptors (Lipinski definition) is 5. The van der Waals surface area contributed by atoms with Crippen LogP contribution in [0.3, 0.4) is 0 Å². The summed E-state index contributed by atoms with van der Waals surface area (Å²) in [4.78, 5) is 28.9. The first-order valence-electron chi connectivity index (χ1n) is 10.0. The number of ether oxygens (including phenoxy) is 2. The van der Waals surface area contributed by atoms with E-state index in [1.54, 1.807) is 12.1 Å². The second kappa shape index (κ2) is 9.26. The SMILES string of the molecule is O=C(NCCC(=O)N1CCN(c2cccc(Cl)c2)CC1)C1COc2ccccc2O1. The lowest BCUT2D eigenvalue weighted by molar-refractivity contribution is -0.132. The van der Waals surface area contributed by atoms with Crippen LogP contribution in [0.15, 0.2) is 48.5 Å². The van der Waals surface area contributed by atoms with E-state index in [4.69, 9.17) is 21.1 Å². The second-order valence-corrected chi connectivity index (χ2v) is 7.69. The van der Waals surface area contributed by atoms with Crippen LogP contribution < -0.4 is 19.7 Å². The summed E-state index contributed by atoms with van der Waals surface area (Å²) in [6.45, 7) is 3.23. The zero-order valence-corrected chi connectivity index (χ0v) is 17.3. The van der Waals surface area contributed by atoms with Gasteiger partial charge in [0, 0.05) is 49.9 Å². The van der Waals surface area contributed by atoms with Gasteiger partial charge in [0.25, 0.3) is 5.91 Å². The third-order valence-corrected chi connectivity index (χ3v) is 5.48. The van der Waals surface area contributed by atoms with Gasteiger partial charge >= 0.3 is 0 Å². The van der Waals surface area contributed by atoms with Crippen molar-refractivity contribution in [2.75, 3.05) is 44.2 Å². The normalized spacial score (nSPS) is 18.1. The first-order chi connectivity index (χ1) is 14.6. The van der Waals surface area contributed by atoms with E-state index in [2.05, 4.69) is 10.2 Å². The molecule has 0 spiro atoms. The fourth-order valence-electron chi connectivity index (χ4n) is 3.60. The predicted octanol–water partition coefficient (Wildman–Crippen LogP) is 2.33. The molecular formula is C22H24ClN3O4. The van der Waals surface area contributed by atoms with E-state index in [0.29, 0.717) is 29.6 Å². The van der Waals surface area contributed by atoms with Crippen molar-refractivity contribution in [3.05, 3.63) is 53.6 Å². The molecule has 2 aliphatic rings. The highest BCUT2D eigenvalue weighted by Gasteiger charge is 2.27. The molecule has 1 unspecified atom stereocenters. The van der Waals surface area contributed by atoms with E-state index in [9.17, 15) is 9.59 Å². The minimum absolute atomic E-state index is 0.0344. The Bertz CT molecular complexity index is 915. The number of carbonyl (C=O) groups excluding carboxylic acids is 2. The van der Waals surface area contributed by atoms with Gasteiger partial charge in [-0.15, -0.1) is 0 Å². The number of benzene rings is 2. The van der Waals surface area contributed by atoms with Crippen LogP contribution in [-0.4, -0.2) is 62.1 Å². The van der Waals surface area contributed by atoms with Gasteiger partial charge in [-0.25, -0.2) is 0 Å². The smallest absolute Gasteiger partial charge is 0.264 e. The monoisotopic (exact) mass is 429 g/mol. The zero-order valence-electron chi connectivity index (χ0n) is 16.6. The summed E-state index contributed by atoms with van der Waals surface area (Å²) in [7, 11) is 0. The molecule has 1 fully saturated rings. The number of nitrogens with zero attached hydrogens (tertiary/aromatic N) is 2. The number of nitrogens with one attached hydrogen (secondary N) is 1. The minimum Gasteiger partial charge on any atom is -0.485 e. The Morgan fingerprint density at radius 3 is 2.57 bits per heavy atom. The number of para-hydroxylation sites is 2. The summed E-state index contributed by atoms with van der Waals surface area (Å²) in [5, 5.41) is 3.48. The standard InChI is InChI=1S/C22H24ClN3O4/c23-16-4-3-5-17(14-16)25-10-12-26(13-11-25)21(27)8-9-24-22(28)20-15-29-18-6-1-2-7-19(18)30-20/h1-7,14,20H,8-13,15H2,(H,24,28). The van der Waals surface area contributed by atoms with Crippen molar-refractivity contribution < 1.29 is 19.1 Å². The maximum atomic E-state index is 12.5. The van der Waals surface area contributed by atoms with Crippen molar-refractivity contribution in [3.8, 4) is 11.5 Å². The molecule has 1 saturated heterocycles. The van der Waals surface area contributed by atoms with E-state index < -0.39 is 6.10 Å². The molecule has 0 radical (unpaired) electrons. The Balaban J connectivity index is 1.19. The Hall–Kier alpha value is -2.93. The van der Waals surface area contributed by atoms with E-state index in [-0.39, 0.29) is 31.4 Å². The van der Waals surface area contributed by atoms with E-state index in [0.717, 1.165) is 18.8 Å². The van der Waals surface area contributed by atoms with Gasteiger partial charge in [0.05, 0.1) is 0 Å².